The Kier molecular flexibility index (Phi) is 8.86. The first kappa shape index (κ1) is 27.1. The first-order chi connectivity index (χ1) is 16.5. The Morgan fingerprint density at radius 2 is 1.74 bits per heavy atom. The quantitative estimate of drug-likeness (QED) is 0.429. The average molecular weight is 546 g/mol. The molecule has 1 heterocycles. The highest BCUT2D eigenvalue weighted by molar-refractivity contribution is 7.92. The molecule has 1 aliphatic rings. The zero-order valence-corrected chi connectivity index (χ0v) is 21.8. The van der Waals surface area contributed by atoms with E-state index in [4.69, 9.17) is 21.1 Å². The molecule has 10 nitrogen and oxygen atoms in total. The van der Waals surface area contributed by atoms with E-state index in [2.05, 4.69) is 5.32 Å². The molecule has 1 N–H and O–H groups in total. The van der Waals surface area contributed by atoms with Crippen LogP contribution in [0.3, 0.4) is 0 Å². The largest absolute Gasteiger partial charge is 0.495 e. The number of ether oxygens (including phenoxy) is 2. The number of hydrogen-bond donors (Lipinski definition) is 1. The smallest absolute Gasteiger partial charge is 0.243 e. The van der Waals surface area contributed by atoms with Crippen molar-refractivity contribution in [2.45, 2.75) is 17.7 Å². The molecule has 0 radical (unpaired) electrons. The van der Waals surface area contributed by atoms with Crippen molar-refractivity contribution in [1.82, 2.24) is 9.62 Å². The molecule has 192 valence electrons. The van der Waals surface area contributed by atoms with Crippen molar-refractivity contribution in [3.63, 3.8) is 0 Å². The number of nitrogens with one attached hydrogen (secondary N) is 1. The molecule has 1 aliphatic heterocycles. The maximum Gasteiger partial charge on any atom is 0.243 e. The van der Waals surface area contributed by atoms with E-state index in [0.717, 1.165) is 23.4 Å². The minimum Gasteiger partial charge on any atom is -0.495 e. The van der Waals surface area contributed by atoms with Crippen LogP contribution in [0.15, 0.2) is 47.4 Å². The van der Waals surface area contributed by atoms with E-state index < -0.39 is 32.5 Å². The van der Waals surface area contributed by atoms with Crippen LogP contribution in [0.25, 0.3) is 0 Å². The Balaban J connectivity index is 1.54. The van der Waals surface area contributed by atoms with Crippen molar-refractivity contribution in [2.75, 3.05) is 50.5 Å². The van der Waals surface area contributed by atoms with Gasteiger partial charge in [0.05, 0.1) is 30.5 Å². The molecule has 0 aromatic heterocycles. The summed E-state index contributed by atoms with van der Waals surface area (Å²) in [6.45, 7) is 0.793. The lowest BCUT2D eigenvalue weighted by Gasteiger charge is -2.24. The maximum atomic E-state index is 12.6. The number of hydrogen-bond acceptors (Lipinski definition) is 7. The van der Waals surface area contributed by atoms with Gasteiger partial charge in [0.15, 0.2) is 0 Å². The third kappa shape index (κ3) is 7.00. The van der Waals surface area contributed by atoms with Gasteiger partial charge < -0.3 is 14.8 Å². The zero-order valence-electron chi connectivity index (χ0n) is 19.4. The predicted molar refractivity (Wildman–Crippen MR) is 133 cm³/mol. The summed E-state index contributed by atoms with van der Waals surface area (Å²) < 4.78 is 62.9. The Bertz CT molecular complexity index is 1250. The van der Waals surface area contributed by atoms with Gasteiger partial charge in [-0.3, -0.25) is 9.10 Å². The number of anilines is 1. The van der Waals surface area contributed by atoms with Gasteiger partial charge in [-0.15, -0.1) is 0 Å². The summed E-state index contributed by atoms with van der Waals surface area (Å²) >= 11 is 6.00. The van der Waals surface area contributed by atoms with Crippen LogP contribution in [-0.4, -0.2) is 73.2 Å². The molecule has 0 atom stereocenters. The summed E-state index contributed by atoms with van der Waals surface area (Å²) in [5.74, 6) is 0.153. The normalized spacial score (nSPS) is 14.5. The highest BCUT2D eigenvalue weighted by Gasteiger charge is 2.27. The first-order valence-electron chi connectivity index (χ1n) is 10.8. The number of rotatable bonds is 11. The number of halogens is 1. The summed E-state index contributed by atoms with van der Waals surface area (Å²) in [6, 6.07) is 10.6. The van der Waals surface area contributed by atoms with Crippen molar-refractivity contribution in [3.05, 3.63) is 47.5 Å². The van der Waals surface area contributed by atoms with Gasteiger partial charge in [0.1, 0.15) is 24.7 Å². The fourth-order valence-electron chi connectivity index (χ4n) is 3.57. The number of benzene rings is 2. The number of amides is 1. The Labute approximate surface area is 210 Å². The highest BCUT2D eigenvalue weighted by Crippen LogP contribution is 2.32. The van der Waals surface area contributed by atoms with Crippen molar-refractivity contribution in [1.29, 1.82) is 0 Å². The van der Waals surface area contributed by atoms with Crippen LogP contribution in [-0.2, 0) is 24.8 Å². The minimum atomic E-state index is -3.81. The maximum absolute atomic E-state index is 12.6. The molecular formula is C22H28ClN3O7S2. The molecule has 3 rings (SSSR count). The lowest BCUT2D eigenvalue weighted by atomic mass is 10.3. The second-order valence-electron chi connectivity index (χ2n) is 7.87. The van der Waals surface area contributed by atoms with Gasteiger partial charge in [-0.25, -0.2) is 16.8 Å². The minimum absolute atomic E-state index is 0.101. The molecule has 1 amide bonds. The summed E-state index contributed by atoms with van der Waals surface area (Å²) in [7, 11) is -5.92. The molecule has 1 saturated heterocycles. The van der Waals surface area contributed by atoms with E-state index in [1.807, 2.05) is 0 Å². The summed E-state index contributed by atoms with van der Waals surface area (Å²) in [6.07, 6.45) is 2.71. The Morgan fingerprint density at radius 3 is 2.34 bits per heavy atom. The average Bonchev–Trinajstić information content (AvgIpc) is 3.36. The van der Waals surface area contributed by atoms with E-state index in [0.29, 0.717) is 23.9 Å². The molecule has 35 heavy (non-hydrogen) atoms. The van der Waals surface area contributed by atoms with Gasteiger partial charge in [0.25, 0.3) is 0 Å². The van der Waals surface area contributed by atoms with Crippen LogP contribution in [0.5, 0.6) is 11.5 Å². The van der Waals surface area contributed by atoms with E-state index in [-0.39, 0.29) is 29.5 Å². The summed E-state index contributed by atoms with van der Waals surface area (Å²) in [5.41, 5.74) is 0.151. The lowest BCUT2D eigenvalue weighted by molar-refractivity contribution is -0.119. The Hall–Kier alpha value is -2.54. The number of carbonyl (C=O) groups excluding carboxylic acids is 1. The Morgan fingerprint density at radius 1 is 1.09 bits per heavy atom. The van der Waals surface area contributed by atoms with Gasteiger partial charge in [-0.1, -0.05) is 11.6 Å². The number of nitrogens with zero attached hydrogens (tertiary/aromatic N) is 2. The van der Waals surface area contributed by atoms with Crippen LogP contribution < -0.4 is 19.1 Å². The van der Waals surface area contributed by atoms with E-state index in [1.165, 1.54) is 35.7 Å². The molecule has 0 aliphatic carbocycles. The summed E-state index contributed by atoms with van der Waals surface area (Å²) in [5, 5.41) is 2.90. The van der Waals surface area contributed by atoms with E-state index in [9.17, 15) is 21.6 Å². The van der Waals surface area contributed by atoms with Crippen LogP contribution in [0.4, 0.5) is 5.69 Å². The SMILES string of the molecule is COc1ccc(Cl)cc1N(CC(=O)NCCOc1ccc(S(=O)(=O)N2CCCC2)cc1)S(C)(=O)=O. The topological polar surface area (TPSA) is 122 Å². The van der Waals surface area contributed by atoms with Crippen molar-refractivity contribution in [3.8, 4) is 11.5 Å². The number of carbonyl (C=O) groups is 1. The van der Waals surface area contributed by atoms with Crippen molar-refractivity contribution < 1.29 is 31.1 Å². The molecule has 13 heteroatoms. The van der Waals surface area contributed by atoms with Gasteiger partial charge in [-0.2, -0.15) is 4.31 Å². The molecule has 2 aromatic rings. The standard InChI is InChI=1S/C22H28ClN3O7S2/c1-32-21-10-5-17(23)15-20(21)26(34(2,28)29)16-22(27)24-11-14-33-18-6-8-19(9-7-18)35(30,31)25-12-3-4-13-25/h5-10,15H,3-4,11-14,16H2,1-2H3,(H,24,27). The fraction of sp³-hybridized carbons (Fsp3) is 0.409. The zero-order chi connectivity index (χ0) is 25.6. The van der Waals surface area contributed by atoms with Crippen LogP contribution in [0.1, 0.15) is 12.8 Å². The van der Waals surface area contributed by atoms with Crippen molar-refractivity contribution in [2.24, 2.45) is 0 Å². The third-order valence-electron chi connectivity index (χ3n) is 5.32. The van der Waals surface area contributed by atoms with E-state index in [1.54, 1.807) is 18.2 Å². The first-order valence-corrected chi connectivity index (χ1v) is 14.5. The number of sulfonamides is 2. The van der Waals surface area contributed by atoms with Crippen LogP contribution >= 0.6 is 11.6 Å². The van der Waals surface area contributed by atoms with Crippen molar-refractivity contribution >= 4 is 43.2 Å². The second kappa shape index (κ2) is 11.5. The van der Waals surface area contributed by atoms with Gasteiger partial charge in [0.2, 0.25) is 26.0 Å². The van der Waals surface area contributed by atoms with Gasteiger partial charge >= 0.3 is 0 Å². The third-order valence-corrected chi connectivity index (χ3v) is 8.59. The van der Waals surface area contributed by atoms with E-state index >= 15 is 0 Å². The molecule has 2 aromatic carbocycles. The fourth-order valence-corrected chi connectivity index (χ4v) is 6.11. The lowest BCUT2D eigenvalue weighted by Crippen LogP contribution is -2.41. The van der Waals surface area contributed by atoms with Crippen LogP contribution in [0.2, 0.25) is 5.02 Å². The molecule has 0 spiro atoms. The van der Waals surface area contributed by atoms with Gasteiger partial charge in [0, 0.05) is 18.1 Å². The molecule has 0 saturated carbocycles. The predicted octanol–water partition coefficient (Wildman–Crippen LogP) is 2.09. The highest BCUT2D eigenvalue weighted by atomic mass is 35.5. The number of methoxy groups -OCH3 is 1. The molecule has 1 fully saturated rings. The molecular weight excluding hydrogens is 518 g/mol. The monoisotopic (exact) mass is 545 g/mol. The molecule has 0 bridgehead atoms. The van der Waals surface area contributed by atoms with Crippen LogP contribution in [0, 0.1) is 0 Å². The molecule has 0 unspecified atom stereocenters. The van der Waals surface area contributed by atoms with Gasteiger partial charge in [-0.05, 0) is 55.3 Å². The second-order valence-corrected chi connectivity index (χ2v) is 12.1. The summed E-state index contributed by atoms with van der Waals surface area (Å²) in [4.78, 5) is 12.6.